The molecule has 0 unspecified atom stereocenters. The highest BCUT2D eigenvalue weighted by Gasteiger charge is 2.04. The molecule has 5 heteroatoms. The van der Waals surface area contributed by atoms with Crippen molar-refractivity contribution in [2.45, 2.75) is 6.54 Å². The Morgan fingerprint density at radius 1 is 1.10 bits per heavy atom. The van der Waals surface area contributed by atoms with E-state index >= 15 is 0 Å². The Morgan fingerprint density at radius 2 is 2.05 bits per heavy atom. The summed E-state index contributed by atoms with van der Waals surface area (Å²) in [7, 11) is 0. The number of fused-ring (bicyclic) bond motifs is 2. The predicted octanol–water partition coefficient (Wildman–Crippen LogP) is 4.31. The molecule has 0 aliphatic heterocycles. The third kappa shape index (κ3) is 2.23. The summed E-state index contributed by atoms with van der Waals surface area (Å²) in [4.78, 5) is 3.25. The maximum absolute atomic E-state index is 6.00. The number of halogens is 1. The maximum atomic E-state index is 6.00. The highest BCUT2D eigenvalue weighted by atomic mass is 35.5. The SMILES string of the molecule is Clc1ccc2c(CNc3ccc4cn[nH]c4c3)c[nH]c2c1. The zero-order chi connectivity index (χ0) is 14.2. The lowest BCUT2D eigenvalue weighted by Crippen LogP contribution is -1.98. The number of nitrogens with one attached hydrogen (secondary N) is 3. The monoisotopic (exact) mass is 296 g/mol. The lowest BCUT2D eigenvalue weighted by atomic mass is 10.1. The molecule has 0 aliphatic carbocycles. The molecule has 0 amide bonds. The van der Waals surface area contributed by atoms with Crippen molar-refractivity contribution in [1.29, 1.82) is 0 Å². The average Bonchev–Trinajstić information content (AvgIpc) is 3.10. The Kier molecular flexibility index (Phi) is 2.82. The molecule has 0 atom stereocenters. The van der Waals surface area contributed by atoms with Crippen molar-refractivity contribution in [1.82, 2.24) is 15.2 Å². The van der Waals surface area contributed by atoms with Gasteiger partial charge in [-0.2, -0.15) is 5.10 Å². The van der Waals surface area contributed by atoms with Crippen LogP contribution in [0.15, 0.2) is 48.8 Å². The van der Waals surface area contributed by atoms with E-state index in [2.05, 4.69) is 38.7 Å². The Hall–Kier alpha value is -2.46. The topological polar surface area (TPSA) is 56.5 Å². The largest absolute Gasteiger partial charge is 0.381 e. The van der Waals surface area contributed by atoms with Gasteiger partial charge in [0.1, 0.15) is 0 Å². The van der Waals surface area contributed by atoms with Crippen molar-refractivity contribution >= 4 is 39.1 Å². The Labute approximate surface area is 126 Å². The number of hydrogen-bond donors (Lipinski definition) is 3. The third-order valence-electron chi connectivity index (χ3n) is 3.65. The second-order valence-electron chi connectivity index (χ2n) is 5.03. The number of aromatic nitrogens is 3. The summed E-state index contributed by atoms with van der Waals surface area (Å²) in [6.45, 7) is 0.751. The first-order chi connectivity index (χ1) is 10.3. The Balaban J connectivity index is 1.60. The fourth-order valence-electron chi connectivity index (χ4n) is 2.55. The van der Waals surface area contributed by atoms with Crippen LogP contribution in [-0.2, 0) is 6.54 Å². The quantitative estimate of drug-likeness (QED) is 0.527. The van der Waals surface area contributed by atoms with Crippen LogP contribution in [0.2, 0.25) is 5.02 Å². The molecule has 2 aromatic carbocycles. The third-order valence-corrected chi connectivity index (χ3v) is 3.89. The summed E-state index contributed by atoms with van der Waals surface area (Å²) in [5, 5.41) is 13.5. The van der Waals surface area contributed by atoms with E-state index in [0.29, 0.717) is 0 Å². The van der Waals surface area contributed by atoms with Crippen molar-refractivity contribution in [2.75, 3.05) is 5.32 Å². The van der Waals surface area contributed by atoms with Gasteiger partial charge in [-0.25, -0.2) is 0 Å². The van der Waals surface area contributed by atoms with Crippen LogP contribution in [-0.4, -0.2) is 15.2 Å². The maximum Gasteiger partial charge on any atom is 0.0670 e. The molecule has 0 aliphatic rings. The minimum atomic E-state index is 0.744. The molecule has 4 rings (SSSR count). The van der Waals surface area contributed by atoms with Gasteiger partial charge in [-0.05, 0) is 35.9 Å². The summed E-state index contributed by atoms with van der Waals surface area (Å²) in [6, 6.07) is 12.1. The zero-order valence-electron chi connectivity index (χ0n) is 11.2. The van der Waals surface area contributed by atoms with Crippen molar-refractivity contribution in [3.05, 3.63) is 59.4 Å². The van der Waals surface area contributed by atoms with Crippen LogP contribution < -0.4 is 5.32 Å². The van der Waals surface area contributed by atoms with Gasteiger partial charge in [0.05, 0.1) is 11.7 Å². The first-order valence-corrected chi connectivity index (χ1v) is 7.10. The second kappa shape index (κ2) is 4.82. The molecule has 2 aromatic heterocycles. The number of hydrogen-bond acceptors (Lipinski definition) is 2. The van der Waals surface area contributed by atoms with E-state index in [1.165, 1.54) is 10.9 Å². The molecular weight excluding hydrogens is 284 g/mol. The number of benzene rings is 2. The van der Waals surface area contributed by atoms with Crippen LogP contribution >= 0.6 is 11.6 Å². The van der Waals surface area contributed by atoms with Gasteiger partial charge in [0, 0.05) is 39.7 Å². The minimum Gasteiger partial charge on any atom is -0.381 e. The molecule has 0 saturated carbocycles. The van der Waals surface area contributed by atoms with Gasteiger partial charge in [-0.1, -0.05) is 17.7 Å². The Bertz CT molecular complexity index is 922. The van der Waals surface area contributed by atoms with E-state index in [0.717, 1.165) is 33.7 Å². The number of aromatic amines is 2. The van der Waals surface area contributed by atoms with Gasteiger partial charge in [-0.3, -0.25) is 5.10 Å². The number of rotatable bonds is 3. The highest BCUT2D eigenvalue weighted by molar-refractivity contribution is 6.31. The normalized spacial score (nSPS) is 11.3. The first kappa shape index (κ1) is 12.3. The van der Waals surface area contributed by atoms with E-state index < -0.39 is 0 Å². The fraction of sp³-hybridized carbons (Fsp3) is 0.0625. The van der Waals surface area contributed by atoms with Gasteiger partial charge >= 0.3 is 0 Å². The highest BCUT2D eigenvalue weighted by Crippen LogP contribution is 2.23. The van der Waals surface area contributed by atoms with Crippen LogP contribution in [0.25, 0.3) is 21.8 Å². The van der Waals surface area contributed by atoms with E-state index in [9.17, 15) is 0 Å². The van der Waals surface area contributed by atoms with Gasteiger partial charge in [0.15, 0.2) is 0 Å². The molecule has 0 fully saturated rings. The second-order valence-corrected chi connectivity index (χ2v) is 5.47. The Morgan fingerprint density at radius 3 is 3.00 bits per heavy atom. The van der Waals surface area contributed by atoms with E-state index in [-0.39, 0.29) is 0 Å². The zero-order valence-corrected chi connectivity index (χ0v) is 11.9. The summed E-state index contributed by atoms with van der Waals surface area (Å²) >= 11 is 6.00. The lowest BCUT2D eigenvalue weighted by molar-refractivity contribution is 1.12. The summed E-state index contributed by atoms with van der Waals surface area (Å²) in [6.07, 6.45) is 3.84. The van der Waals surface area contributed by atoms with Crippen LogP contribution in [0, 0.1) is 0 Å². The van der Waals surface area contributed by atoms with Crippen molar-refractivity contribution in [3.63, 3.8) is 0 Å². The van der Waals surface area contributed by atoms with E-state index in [1.807, 2.05) is 30.6 Å². The van der Waals surface area contributed by atoms with Gasteiger partial charge in [-0.15, -0.1) is 0 Å². The van der Waals surface area contributed by atoms with Crippen molar-refractivity contribution in [3.8, 4) is 0 Å². The molecule has 4 nitrogen and oxygen atoms in total. The van der Waals surface area contributed by atoms with Crippen LogP contribution in [0.4, 0.5) is 5.69 Å². The van der Waals surface area contributed by atoms with E-state index in [1.54, 1.807) is 0 Å². The molecule has 0 radical (unpaired) electrons. The average molecular weight is 297 g/mol. The molecule has 4 aromatic rings. The molecule has 0 saturated heterocycles. The fourth-order valence-corrected chi connectivity index (χ4v) is 2.72. The number of anilines is 1. The molecule has 21 heavy (non-hydrogen) atoms. The van der Waals surface area contributed by atoms with Crippen LogP contribution in [0.1, 0.15) is 5.56 Å². The van der Waals surface area contributed by atoms with Crippen molar-refractivity contribution in [2.24, 2.45) is 0 Å². The van der Waals surface area contributed by atoms with Crippen molar-refractivity contribution < 1.29 is 0 Å². The smallest absolute Gasteiger partial charge is 0.0670 e. The number of H-pyrrole nitrogens is 2. The van der Waals surface area contributed by atoms with Crippen LogP contribution in [0.3, 0.4) is 0 Å². The molecule has 104 valence electrons. The first-order valence-electron chi connectivity index (χ1n) is 6.72. The molecule has 0 bridgehead atoms. The summed E-state index contributed by atoms with van der Waals surface area (Å²) < 4.78 is 0. The van der Waals surface area contributed by atoms with Gasteiger partial charge < -0.3 is 10.3 Å². The molecule has 2 heterocycles. The predicted molar refractivity (Wildman–Crippen MR) is 86.7 cm³/mol. The van der Waals surface area contributed by atoms with Gasteiger partial charge in [0.2, 0.25) is 0 Å². The van der Waals surface area contributed by atoms with E-state index in [4.69, 9.17) is 11.6 Å². The molecule has 3 N–H and O–H groups in total. The molecular formula is C16H13ClN4. The lowest BCUT2D eigenvalue weighted by Gasteiger charge is -2.05. The minimum absolute atomic E-state index is 0.744. The summed E-state index contributed by atoms with van der Waals surface area (Å²) in [5.41, 5.74) is 4.37. The molecule has 0 spiro atoms. The summed E-state index contributed by atoms with van der Waals surface area (Å²) in [5.74, 6) is 0. The van der Waals surface area contributed by atoms with Crippen LogP contribution in [0.5, 0.6) is 0 Å². The van der Waals surface area contributed by atoms with Gasteiger partial charge in [0.25, 0.3) is 0 Å². The standard InChI is InChI=1S/C16H13ClN4/c17-12-2-4-14-11(8-19-16(14)5-12)7-18-13-3-1-10-9-20-21-15(10)6-13/h1-6,8-9,18-19H,7H2,(H,20,21). The number of nitrogens with zero attached hydrogens (tertiary/aromatic N) is 1.